The Labute approximate surface area is 148 Å². The van der Waals surface area contributed by atoms with E-state index in [1.165, 1.54) is 0 Å². The summed E-state index contributed by atoms with van der Waals surface area (Å²) in [6.45, 7) is 7.16. The molecule has 0 spiro atoms. The number of anilines is 1. The molecule has 0 bridgehead atoms. The zero-order chi connectivity index (χ0) is 17.1. The smallest absolute Gasteiger partial charge is 0.160 e. The fourth-order valence-electron chi connectivity index (χ4n) is 3.71. The van der Waals surface area contributed by atoms with Crippen molar-refractivity contribution in [1.29, 1.82) is 5.26 Å². The first-order valence-electron chi connectivity index (χ1n) is 9.19. The van der Waals surface area contributed by atoms with Gasteiger partial charge in [-0.15, -0.1) is 0 Å². The van der Waals surface area contributed by atoms with E-state index in [0.717, 1.165) is 76.9 Å². The monoisotopic (exact) mass is 343 g/mol. The van der Waals surface area contributed by atoms with Crippen molar-refractivity contribution in [3.8, 4) is 11.8 Å². The molecule has 3 saturated heterocycles. The summed E-state index contributed by atoms with van der Waals surface area (Å²) in [5, 5.41) is 9.53. The molecular weight excluding hydrogens is 318 g/mol. The maximum absolute atomic E-state index is 9.53. The summed E-state index contributed by atoms with van der Waals surface area (Å²) in [6, 6.07) is 8.77. The molecule has 134 valence electrons. The number of benzene rings is 1. The predicted octanol–water partition coefficient (Wildman–Crippen LogP) is 1.64. The van der Waals surface area contributed by atoms with Gasteiger partial charge in [0.1, 0.15) is 12.2 Å². The molecule has 0 radical (unpaired) electrons. The van der Waals surface area contributed by atoms with Gasteiger partial charge >= 0.3 is 0 Å². The van der Waals surface area contributed by atoms with Gasteiger partial charge in [-0.25, -0.2) is 0 Å². The number of rotatable bonds is 4. The molecule has 3 aliphatic rings. The maximum Gasteiger partial charge on any atom is 0.160 e. The van der Waals surface area contributed by atoms with Crippen LogP contribution in [0.3, 0.4) is 0 Å². The fraction of sp³-hybridized carbons (Fsp3) is 0.632. The molecule has 6 nitrogen and oxygen atoms in total. The lowest BCUT2D eigenvalue weighted by Gasteiger charge is -2.43. The Morgan fingerprint density at radius 1 is 1.04 bits per heavy atom. The van der Waals surface area contributed by atoms with Crippen molar-refractivity contribution in [3.05, 3.63) is 23.8 Å². The van der Waals surface area contributed by atoms with Crippen molar-refractivity contribution in [1.82, 2.24) is 4.90 Å². The first-order valence-corrected chi connectivity index (χ1v) is 9.19. The SMILES string of the molecule is N#Cc1cccc(N2CCN(C3COC3)CC2)c1OC1CCOCC1. The summed E-state index contributed by atoms with van der Waals surface area (Å²) in [7, 11) is 0. The summed E-state index contributed by atoms with van der Waals surface area (Å²) in [6.07, 6.45) is 1.90. The molecule has 3 heterocycles. The molecule has 0 unspecified atom stereocenters. The Kier molecular flexibility index (Phi) is 5.07. The van der Waals surface area contributed by atoms with Crippen LogP contribution < -0.4 is 9.64 Å². The molecule has 0 N–H and O–H groups in total. The third-order valence-electron chi connectivity index (χ3n) is 5.36. The van der Waals surface area contributed by atoms with E-state index in [9.17, 15) is 5.26 Å². The Hall–Kier alpha value is -1.81. The van der Waals surface area contributed by atoms with E-state index in [1.807, 2.05) is 12.1 Å². The molecule has 0 atom stereocenters. The summed E-state index contributed by atoms with van der Waals surface area (Å²) in [5.74, 6) is 0.748. The van der Waals surface area contributed by atoms with Gasteiger partial charge in [0.05, 0.1) is 43.7 Å². The molecule has 0 aliphatic carbocycles. The van der Waals surface area contributed by atoms with E-state index in [1.54, 1.807) is 0 Å². The average Bonchev–Trinajstić information content (AvgIpc) is 2.62. The van der Waals surface area contributed by atoms with Crippen LogP contribution in [0.15, 0.2) is 18.2 Å². The molecule has 25 heavy (non-hydrogen) atoms. The molecule has 0 amide bonds. The lowest BCUT2D eigenvalue weighted by Crippen LogP contribution is -2.56. The van der Waals surface area contributed by atoms with Gasteiger partial charge in [0, 0.05) is 39.0 Å². The number of piperazine rings is 1. The highest BCUT2D eigenvalue weighted by Gasteiger charge is 2.30. The third-order valence-corrected chi connectivity index (χ3v) is 5.36. The average molecular weight is 343 g/mol. The minimum atomic E-state index is 0.135. The van der Waals surface area contributed by atoms with E-state index in [2.05, 4.69) is 21.9 Å². The van der Waals surface area contributed by atoms with Crippen molar-refractivity contribution < 1.29 is 14.2 Å². The molecule has 1 aromatic carbocycles. The standard InChI is InChI=1S/C19H25N3O3/c20-12-15-2-1-3-18(19(15)25-17-4-10-23-11-5-17)22-8-6-21(7-9-22)16-13-24-14-16/h1-3,16-17H,4-11,13-14H2. The van der Waals surface area contributed by atoms with Gasteiger partial charge in [-0.3, -0.25) is 4.90 Å². The zero-order valence-electron chi connectivity index (χ0n) is 14.5. The Bertz CT molecular complexity index is 627. The second kappa shape index (κ2) is 7.61. The molecule has 6 heteroatoms. The maximum atomic E-state index is 9.53. The highest BCUT2D eigenvalue weighted by atomic mass is 16.5. The number of nitrogens with zero attached hydrogens (tertiary/aromatic N) is 3. The lowest BCUT2D eigenvalue weighted by atomic mass is 10.1. The van der Waals surface area contributed by atoms with E-state index in [4.69, 9.17) is 14.2 Å². The molecule has 1 aromatic rings. The first kappa shape index (κ1) is 16.6. The van der Waals surface area contributed by atoms with Crippen LogP contribution >= 0.6 is 0 Å². The van der Waals surface area contributed by atoms with E-state index < -0.39 is 0 Å². The summed E-state index contributed by atoms with van der Waals surface area (Å²) in [4.78, 5) is 4.86. The minimum absolute atomic E-state index is 0.135. The lowest BCUT2D eigenvalue weighted by molar-refractivity contribution is -0.0661. The van der Waals surface area contributed by atoms with Crippen molar-refractivity contribution in [2.45, 2.75) is 25.0 Å². The number of ether oxygens (including phenoxy) is 3. The van der Waals surface area contributed by atoms with Gasteiger partial charge in [0.15, 0.2) is 5.75 Å². The molecule has 3 fully saturated rings. The van der Waals surface area contributed by atoms with Crippen LogP contribution in [-0.4, -0.2) is 69.7 Å². The Morgan fingerprint density at radius 3 is 2.44 bits per heavy atom. The summed E-state index contributed by atoms with van der Waals surface area (Å²) < 4.78 is 17.0. The third kappa shape index (κ3) is 3.59. The largest absolute Gasteiger partial charge is 0.487 e. The number of nitriles is 1. The predicted molar refractivity (Wildman–Crippen MR) is 94.0 cm³/mol. The molecule has 4 rings (SSSR count). The number of hydrogen-bond donors (Lipinski definition) is 0. The number of para-hydroxylation sites is 1. The van der Waals surface area contributed by atoms with Gasteiger partial charge in [-0.05, 0) is 12.1 Å². The molecule has 0 aromatic heterocycles. The topological polar surface area (TPSA) is 58.0 Å². The molecular formula is C19H25N3O3. The van der Waals surface area contributed by atoms with Crippen LogP contribution in [0, 0.1) is 11.3 Å². The Balaban J connectivity index is 1.49. The normalized spacial score (nSPS) is 23.1. The number of hydrogen-bond acceptors (Lipinski definition) is 6. The quantitative estimate of drug-likeness (QED) is 0.828. The van der Waals surface area contributed by atoms with Gasteiger partial charge < -0.3 is 19.1 Å². The van der Waals surface area contributed by atoms with Crippen LogP contribution in [0.2, 0.25) is 0 Å². The van der Waals surface area contributed by atoms with E-state index in [0.29, 0.717) is 11.6 Å². The fourth-order valence-corrected chi connectivity index (χ4v) is 3.71. The van der Waals surface area contributed by atoms with Crippen LogP contribution in [-0.2, 0) is 9.47 Å². The van der Waals surface area contributed by atoms with E-state index in [-0.39, 0.29) is 6.10 Å². The summed E-state index contributed by atoms with van der Waals surface area (Å²) in [5.41, 5.74) is 1.67. The van der Waals surface area contributed by atoms with Crippen LogP contribution in [0.4, 0.5) is 5.69 Å². The van der Waals surface area contributed by atoms with Crippen LogP contribution in [0.1, 0.15) is 18.4 Å². The summed E-state index contributed by atoms with van der Waals surface area (Å²) >= 11 is 0. The van der Waals surface area contributed by atoms with Crippen LogP contribution in [0.5, 0.6) is 5.75 Å². The minimum Gasteiger partial charge on any atom is -0.487 e. The second-order valence-corrected chi connectivity index (χ2v) is 6.91. The second-order valence-electron chi connectivity index (χ2n) is 6.91. The van der Waals surface area contributed by atoms with Crippen molar-refractivity contribution in [3.63, 3.8) is 0 Å². The van der Waals surface area contributed by atoms with Crippen molar-refractivity contribution >= 4 is 5.69 Å². The van der Waals surface area contributed by atoms with Gasteiger partial charge in [-0.2, -0.15) is 5.26 Å². The molecule has 3 aliphatic heterocycles. The Morgan fingerprint density at radius 2 is 1.80 bits per heavy atom. The van der Waals surface area contributed by atoms with Crippen molar-refractivity contribution in [2.75, 3.05) is 57.5 Å². The molecule has 0 saturated carbocycles. The highest BCUT2D eigenvalue weighted by molar-refractivity contribution is 5.65. The van der Waals surface area contributed by atoms with Crippen molar-refractivity contribution in [2.24, 2.45) is 0 Å². The van der Waals surface area contributed by atoms with Gasteiger partial charge in [-0.1, -0.05) is 6.07 Å². The van der Waals surface area contributed by atoms with Crippen LogP contribution in [0.25, 0.3) is 0 Å². The zero-order valence-corrected chi connectivity index (χ0v) is 14.5. The first-order chi connectivity index (χ1) is 12.3. The highest BCUT2D eigenvalue weighted by Crippen LogP contribution is 2.34. The van der Waals surface area contributed by atoms with E-state index >= 15 is 0 Å². The van der Waals surface area contributed by atoms with Gasteiger partial charge in [0.2, 0.25) is 0 Å². The van der Waals surface area contributed by atoms with Gasteiger partial charge in [0.25, 0.3) is 0 Å².